The second-order valence-electron chi connectivity index (χ2n) is 9.42. The number of rotatable bonds is 3. The van der Waals surface area contributed by atoms with Crippen molar-refractivity contribution < 1.29 is 9.59 Å². The SMILES string of the molecule is CC1(C)N/C(=C/C(=O)C2CCN(C(=O)c3cccs3)CC2)c2ccccc2C1(C)C. The van der Waals surface area contributed by atoms with E-state index in [9.17, 15) is 9.59 Å². The Morgan fingerprint density at radius 3 is 2.43 bits per heavy atom. The minimum absolute atomic E-state index is 0.0307. The molecule has 158 valence electrons. The summed E-state index contributed by atoms with van der Waals surface area (Å²) in [6.45, 7) is 10.2. The molecule has 2 aliphatic rings. The lowest BCUT2D eigenvalue weighted by Crippen LogP contribution is -2.56. The summed E-state index contributed by atoms with van der Waals surface area (Å²) >= 11 is 1.47. The van der Waals surface area contributed by atoms with Gasteiger partial charge in [-0.1, -0.05) is 44.2 Å². The van der Waals surface area contributed by atoms with Crippen molar-refractivity contribution in [3.8, 4) is 0 Å². The van der Waals surface area contributed by atoms with Crippen LogP contribution in [0.15, 0.2) is 47.9 Å². The third-order valence-corrected chi connectivity index (χ3v) is 7.96. The number of ketones is 1. The van der Waals surface area contributed by atoms with Crippen molar-refractivity contribution in [1.29, 1.82) is 0 Å². The molecule has 2 aromatic rings. The van der Waals surface area contributed by atoms with Gasteiger partial charge in [-0.05, 0) is 43.7 Å². The molecular weight excluding hydrogens is 392 g/mol. The van der Waals surface area contributed by atoms with E-state index in [0.717, 1.165) is 29.0 Å². The van der Waals surface area contributed by atoms with Crippen LogP contribution in [-0.2, 0) is 10.2 Å². The third-order valence-electron chi connectivity index (χ3n) is 7.10. The average Bonchev–Trinajstić information content (AvgIpc) is 3.26. The number of hydrogen-bond acceptors (Lipinski definition) is 4. The molecule has 1 N–H and O–H groups in total. The van der Waals surface area contributed by atoms with Gasteiger partial charge in [0, 0.05) is 47.3 Å². The van der Waals surface area contributed by atoms with Crippen LogP contribution >= 0.6 is 11.3 Å². The Labute approximate surface area is 183 Å². The van der Waals surface area contributed by atoms with E-state index < -0.39 is 0 Å². The van der Waals surface area contributed by atoms with Gasteiger partial charge in [-0.25, -0.2) is 0 Å². The van der Waals surface area contributed by atoms with Gasteiger partial charge in [0.1, 0.15) is 0 Å². The van der Waals surface area contributed by atoms with E-state index in [1.807, 2.05) is 28.5 Å². The van der Waals surface area contributed by atoms with Crippen LogP contribution in [0.4, 0.5) is 0 Å². The normalized spacial score (nSPS) is 21.7. The van der Waals surface area contributed by atoms with Crippen molar-refractivity contribution >= 4 is 28.7 Å². The lowest BCUT2D eigenvalue weighted by atomic mass is 9.65. The molecule has 0 atom stereocenters. The number of benzene rings is 1. The summed E-state index contributed by atoms with van der Waals surface area (Å²) < 4.78 is 0. The van der Waals surface area contributed by atoms with E-state index in [1.54, 1.807) is 6.08 Å². The van der Waals surface area contributed by atoms with Crippen molar-refractivity contribution in [2.24, 2.45) is 5.92 Å². The maximum absolute atomic E-state index is 13.1. The first kappa shape index (κ1) is 20.9. The summed E-state index contributed by atoms with van der Waals surface area (Å²) in [5.74, 6) is 0.212. The Bertz CT molecular complexity index is 980. The highest BCUT2D eigenvalue weighted by Crippen LogP contribution is 2.43. The van der Waals surface area contributed by atoms with Crippen LogP contribution in [0, 0.1) is 5.92 Å². The van der Waals surface area contributed by atoms with Crippen LogP contribution in [-0.4, -0.2) is 35.2 Å². The van der Waals surface area contributed by atoms with Crippen molar-refractivity contribution in [1.82, 2.24) is 10.2 Å². The van der Waals surface area contributed by atoms with E-state index in [4.69, 9.17) is 0 Å². The number of fused-ring (bicyclic) bond motifs is 1. The van der Waals surface area contributed by atoms with Gasteiger partial charge >= 0.3 is 0 Å². The third kappa shape index (κ3) is 3.60. The fraction of sp³-hybridized carbons (Fsp3) is 0.440. The van der Waals surface area contributed by atoms with Gasteiger partial charge in [0.2, 0.25) is 0 Å². The summed E-state index contributed by atoms with van der Waals surface area (Å²) in [7, 11) is 0. The minimum Gasteiger partial charge on any atom is -0.379 e. The van der Waals surface area contributed by atoms with Gasteiger partial charge in [-0.2, -0.15) is 0 Å². The van der Waals surface area contributed by atoms with E-state index in [-0.39, 0.29) is 28.6 Å². The van der Waals surface area contributed by atoms with E-state index in [1.165, 1.54) is 16.9 Å². The number of amides is 1. The van der Waals surface area contributed by atoms with Gasteiger partial charge in [0.25, 0.3) is 5.91 Å². The molecule has 0 unspecified atom stereocenters. The smallest absolute Gasteiger partial charge is 0.263 e. The quantitative estimate of drug-likeness (QED) is 0.718. The Hall–Kier alpha value is -2.40. The van der Waals surface area contributed by atoms with Crippen molar-refractivity contribution in [3.63, 3.8) is 0 Å². The molecule has 4 nitrogen and oxygen atoms in total. The van der Waals surface area contributed by atoms with Crippen LogP contribution in [0.2, 0.25) is 0 Å². The average molecular weight is 423 g/mol. The number of nitrogens with zero attached hydrogens (tertiary/aromatic N) is 1. The largest absolute Gasteiger partial charge is 0.379 e. The highest BCUT2D eigenvalue weighted by Gasteiger charge is 2.44. The molecule has 1 saturated heterocycles. The molecule has 5 heteroatoms. The molecule has 0 spiro atoms. The fourth-order valence-corrected chi connectivity index (χ4v) is 5.15. The van der Waals surface area contributed by atoms with Gasteiger partial charge < -0.3 is 10.2 Å². The molecule has 0 saturated carbocycles. The van der Waals surface area contributed by atoms with Crippen LogP contribution in [0.25, 0.3) is 5.70 Å². The van der Waals surface area contributed by atoms with Crippen molar-refractivity contribution in [2.75, 3.05) is 13.1 Å². The lowest BCUT2D eigenvalue weighted by Gasteiger charge is -2.49. The van der Waals surface area contributed by atoms with Crippen LogP contribution in [0.5, 0.6) is 0 Å². The first-order valence-electron chi connectivity index (χ1n) is 10.7. The number of piperidine rings is 1. The maximum Gasteiger partial charge on any atom is 0.263 e. The van der Waals surface area contributed by atoms with Crippen molar-refractivity contribution in [3.05, 3.63) is 63.9 Å². The molecule has 0 aliphatic carbocycles. The molecule has 1 aromatic heterocycles. The zero-order valence-electron chi connectivity index (χ0n) is 18.2. The van der Waals surface area contributed by atoms with E-state index >= 15 is 0 Å². The molecule has 1 aromatic carbocycles. The number of carbonyl (C=O) groups excluding carboxylic acids is 2. The molecule has 4 rings (SSSR count). The molecule has 30 heavy (non-hydrogen) atoms. The lowest BCUT2D eigenvalue weighted by molar-refractivity contribution is -0.119. The van der Waals surface area contributed by atoms with Crippen LogP contribution < -0.4 is 5.32 Å². The summed E-state index contributed by atoms with van der Waals surface area (Å²) in [6, 6.07) is 12.1. The zero-order valence-corrected chi connectivity index (χ0v) is 19.0. The Morgan fingerprint density at radius 1 is 1.07 bits per heavy atom. The molecular formula is C25H30N2O2S. The van der Waals surface area contributed by atoms with Crippen LogP contribution in [0.1, 0.15) is 61.3 Å². The van der Waals surface area contributed by atoms with Gasteiger partial charge in [-0.3, -0.25) is 9.59 Å². The Balaban J connectivity index is 1.50. The predicted octanol–water partition coefficient (Wildman–Crippen LogP) is 4.87. The number of allylic oxidation sites excluding steroid dienone is 1. The summed E-state index contributed by atoms with van der Waals surface area (Å²) in [5, 5.41) is 5.56. The predicted molar refractivity (Wildman–Crippen MR) is 123 cm³/mol. The molecule has 1 amide bonds. The van der Waals surface area contributed by atoms with Crippen molar-refractivity contribution in [2.45, 2.75) is 51.5 Å². The second-order valence-corrected chi connectivity index (χ2v) is 10.4. The molecule has 3 heterocycles. The number of thiophene rings is 1. The Morgan fingerprint density at radius 2 is 1.77 bits per heavy atom. The summed E-state index contributed by atoms with van der Waals surface area (Å²) in [5.41, 5.74) is 3.06. The fourth-order valence-electron chi connectivity index (χ4n) is 4.46. The monoisotopic (exact) mass is 422 g/mol. The number of hydrogen-bond donors (Lipinski definition) is 1. The second kappa shape index (κ2) is 7.69. The van der Waals surface area contributed by atoms with Crippen LogP contribution in [0.3, 0.4) is 0 Å². The molecule has 2 aliphatic heterocycles. The first-order valence-corrected chi connectivity index (χ1v) is 11.5. The number of carbonyl (C=O) groups is 2. The Kier molecular flexibility index (Phi) is 5.35. The standard InChI is InChI=1S/C25H30N2O2S/c1-24(2)19-9-6-5-8-18(19)20(26-25(24,3)4)16-21(28)17-11-13-27(14-12-17)23(29)22-10-7-15-30-22/h5-10,15-17,26H,11-14H2,1-4H3/b20-16+. The maximum atomic E-state index is 13.1. The zero-order chi connectivity index (χ0) is 21.5. The number of likely N-dealkylation sites (tertiary alicyclic amines) is 1. The van der Waals surface area contributed by atoms with E-state index in [0.29, 0.717) is 13.1 Å². The van der Waals surface area contributed by atoms with E-state index in [2.05, 4.69) is 51.2 Å². The first-order chi connectivity index (χ1) is 14.2. The molecule has 1 fully saturated rings. The highest BCUT2D eigenvalue weighted by molar-refractivity contribution is 7.12. The molecule has 0 bridgehead atoms. The van der Waals surface area contributed by atoms with Gasteiger partial charge in [0.15, 0.2) is 5.78 Å². The minimum atomic E-state index is -0.177. The molecule has 0 radical (unpaired) electrons. The van der Waals surface area contributed by atoms with Gasteiger partial charge in [0.05, 0.1) is 4.88 Å². The highest BCUT2D eigenvalue weighted by atomic mass is 32.1. The topological polar surface area (TPSA) is 49.4 Å². The summed E-state index contributed by atoms with van der Waals surface area (Å²) in [6.07, 6.45) is 3.24. The van der Waals surface area contributed by atoms with Gasteiger partial charge in [-0.15, -0.1) is 11.3 Å². The number of nitrogens with one attached hydrogen (secondary N) is 1. The summed E-state index contributed by atoms with van der Waals surface area (Å²) in [4.78, 5) is 28.3.